The molecule has 0 amide bonds. The van der Waals surface area contributed by atoms with Crippen molar-refractivity contribution in [2.24, 2.45) is 0 Å². The molecule has 0 spiro atoms. The Balaban J connectivity index is 3.61. The van der Waals surface area contributed by atoms with Gasteiger partial charge in [0.25, 0.3) is 0 Å². The van der Waals surface area contributed by atoms with Crippen LogP contribution in [0.2, 0.25) is 0 Å². The molecule has 0 saturated heterocycles. The van der Waals surface area contributed by atoms with Crippen molar-refractivity contribution in [3.63, 3.8) is 0 Å². The van der Waals surface area contributed by atoms with Crippen molar-refractivity contribution in [2.45, 2.75) is 59.3 Å². The minimum Gasteiger partial charge on any atom is -0.305 e. The van der Waals surface area contributed by atoms with Crippen molar-refractivity contribution in [1.82, 2.24) is 0 Å². The first kappa shape index (κ1) is 14.0. The zero-order valence-electron chi connectivity index (χ0n) is 12.2. The second-order valence-corrected chi connectivity index (χ2v) is 6.85. The lowest BCUT2D eigenvalue weighted by molar-refractivity contribution is 0.566. The zero-order chi connectivity index (χ0) is 13.4. The molecule has 1 N–H and O–H groups in total. The molecule has 0 aliphatic heterocycles. The van der Waals surface area contributed by atoms with Crippen LogP contribution in [-0.4, -0.2) is 5.71 Å². The first-order chi connectivity index (χ1) is 7.55. The lowest BCUT2D eigenvalue weighted by Crippen LogP contribution is -2.22. The Kier molecular flexibility index (Phi) is 3.52. The third-order valence-corrected chi connectivity index (χ3v) is 3.06. The van der Waals surface area contributed by atoms with E-state index in [0.29, 0.717) is 5.71 Å². The fourth-order valence-electron chi connectivity index (χ4n) is 2.21. The summed E-state index contributed by atoms with van der Waals surface area (Å²) in [7, 11) is 0. The second kappa shape index (κ2) is 4.29. The van der Waals surface area contributed by atoms with E-state index >= 15 is 0 Å². The summed E-state index contributed by atoms with van der Waals surface area (Å²) in [6.45, 7) is 15.1. The van der Waals surface area contributed by atoms with E-state index in [-0.39, 0.29) is 10.8 Å². The molecular formula is C16H25N. The van der Waals surface area contributed by atoms with Gasteiger partial charge in [0.2, 0.25) is 0 Å². The molecule has 0 aliphatic carbocycles. The molecule has 0 aromatic heterocycles. The minimum absolute atomic E-state index is 0.0822. The fraction of sp³-hybridized carbons (Fsp3) is 0.562. The molecule has 0 fully saturated rings. The second-order valence-electron chi connectivity index (χ2n) is 6.85. The SMILES string of the molecule is CC(=N)c1c(C(C)(C)C)cccc1C(C)(C)C. The average Bonchev–Trinajstić information content (AvgIpc) is 2.13. The monoisotopic (exact) mass is 231 g/mol. The van der Waals surface area contributed by atoms with Crippen LogP contribution in [0.4, 0.5) is 0 Å². The highest BCUT2D eigenvalue weighted by atomic mass is 14.4. The van der Waals surface area contributed by atoms with E-state index in [1.807, 2.05) is 6.92 Å². The predicted molar refractivity (Wildman–Crippen MR) is 76.3 cm³/mol. The number of hydrogen-bond donors (Lipinski definition) is 1. The molecule has 1 aromatic rings. The Morgan fingerprint density at radius 2 is 1.24 bits per heavy atom. The van der Waals surface area contributed by atoms with Crippen LogP contribution in [-0.2, 0) is 10.8 Å². The van der Waals surface area contributed by atoms with Gasteiger partial charge in [-0.25, -0.2) is 0 Å². The van der Waals surface area contributed by atoms with Gasteiger partial charge in [-0.3, -0.25) is 0 Å². The van der Waals surface area contributed by atoms with Crippen molar-refractivity contribution < 1.29 is 0 Å². The first-order valence-corrected chi connectivity index (χ1v) is 6.24. The third-order valence-electron chi connectivity index (χ3n) is 3.06. The van der Waals surface area contributed by atoms with Gasteiger partial charge in [-0.05, 0) is 28.9 Å². The predicted octanol–water partition coefficient (Wildman–Crippen LogP) is 4.67. The van der Waals surface area contributed by atoms with Gasteiger partial charge in [0.05, 0.1) is 0 Å². The third kappa shape index (κ3) is 2.96. The highest BCUT2D eigenvalue weighted by molar-refractivity contribution is 5.99. The molecule has 1 nitrogen and oxygen atoms in total. The summed E-state index contributed by atoms with van der Waals surface area (Å²) in [6.07, 6.45) is 0. The molecule has 0 radical (unpaired) electrons. The fourth-order valence-corrected chi connectivity index (χ4v) is 2.21. The van der Waals surface area contributed by atoms with Crippen molar-refractivity contribution in [1.29, 1.82) is 5.41 Å². The maximum Gasteiger partial charge on any atom is 0.0361 e. The molecule has 0 aliphatic rings. The van der Waals surface area contributed by atoms with Crippen LogP contribution < -0.4 is 0 Å². The maximum atomic E-state index is 8.08. The summed E-state index contributed by atoms with van der Waals surface area (Å²) in [5.41, 5.74) is 4.51. The zero-order valence-corrected chi connectivity index (χ0v) is 12.2. The summed E-state index contributed by atoms with van der Waals surface area (Å²) in [6, 6.07) is 6.43. The minimum atomic E-state index is 0.0822. The van der Waals surface area contributed by atoms with Crippen molar-refractivity contribution in [3.8, 4) is 0 Å². The van der Waals surface area contributed by atoms with E-state index in [2.05, 4.69) is 59.7 Å². The van der Waals surface area contributed by atoms with Gasteiger partial charge in [-0.15, -0.1) is 0 Å². The summed E-state index contributed by atoms with van der Waals surface area (Å²) < 4.78 is 0. The van der Waals surface area contributed by atoms with E-state index in [1.165, 1.54) is 11.1 Å². The standard InChI is InChI=1S/C16H25N/c1-11(17)14-12(15(2,3)4)9-8-10-13(14)16(5,6)7/h8-10,17H,1-7H3. The molecule has 0 unspecified atom stereocenters. The van der Waals surface area contributed by atoms with Gasteiger partial charge in [0.1, 0.15) is 0 Å². The van der Waals surface area contributed by atoms with Crippen molar-refractivity contribution >= 4 is 5.71 Å². The average molecular weight is 231 g/mol. The van der Waals surface area contributed by atoms with Crippen LogP contribution in [0.25, 0.3) is 0 Å². The van der Waals surface area contributed by atoms with Crippen LogP contribution in [0.5, 0.6) is 0 Å². The summed E-state index contributed by atoms with van der Waals surface area (Å²) >= 11 is 0. The maximum absolute atomic E-state index is 8.08. The van der Waals surface area contributed by atoms with Crippen LogP contribution in [0.15, 0.2) is 18.2 Å². The summed E-state index contributed by atoms with van der Waals surface area (Å²) in [5, 5.41) is 8.08. The van der Waals surface area contributed by atoms with Crippen LogP contribution >= 0.6 is 0 Å². The van der Waals surface area contributed by atoms with Crippen LogP contribution in [0, 0.1) is 5.41 Å². The molecule has 17 heavy (non-hydrogen) atoms. The lowest BCUT2D eigenvalue weighted by Gasteiger charge is -2.29. The number of nitrogens with one attached hydrogen (secondary N) is 1. The lowest BCUT2D eigenvalue weighted by atomic mass is 9.75. The number of rotatable bonds is 1. The molecule has 94 valence electrons. The number of benzene rings is 1. The van der Waals surface area contributed by atoms with Gasteiger partial charge in [0, 0.05) is 11.3 Å². The largest absolute Gasteiger partial charge is 0.305 e. The Morgan fingerprint density at radius 1 is 0.882 bits per heavy atom. The molecule has 1 aromatic carbocycles. The van der Waals surface area contributed by atoms with E-state index in [4.69, 9.17) is 5.41 Å². The van der Waals surface area contributed by atoms with Crippen molar-refractivity contribution in [3.05, 3.63) is 34.9 Å². The Hall–Kier alpha value is -1.11. The van der Waals surface area contributed by atoms with Crippen LogP contribution in [0.3, 0.4) is 0 Å². The van der Waals surface area contributed by atoms with E-state index in [1.54, 1.807) is 0 Å². The van der Waals surface area contributed by atoms with Gasteiger partial charge in [-0.2, -0.15) is 0 Å². The number of hydrogen-bond acceptors (Lipinski definition) is 1. The molecule has 1 rings (SSSR count). The van der Waals surface area contributed by atoms with Crippen LogP contribution in [0.1, 0.15) is 65.2 Å². The van der Waals surface area contributed by atoms with Gasteiger partial charge >= 0.3 is 0 Å². The normalized spacial score (nSPS) is 12.6. The smallest absolute Gasteiger partial charge is 0.0361 e. The van der Waals surface area contributed by atoms with Crippen molar-refractivity contribution in [2.75, 3.05) is 0 Å². The summed E-state index contributed by atoms with van der Waals surface area (Å²) in [5.74, 6) is 0. The van der Waals surface area contributed by atoms with E-state index in [0.717, 1.165) is 5.56 Å². The van der Waals surface area contributed by atoms with E-state index in [9.17, 15) is 0 Å². The molecule has 0 bridgehead atoms. The molecule has 0 saturated carbocycles. The molecular weight excluding hydrogens is 206 g/mol. The van der Waals surface area contributed by atoms with E-state index < -0.39 is 0 Å². The Bertz CT molecular complexity index is 396. The Labute approximate surface area is 106 Å². The molecule has 1 heteroatoms. The first-order valence-electron chi connectivity index (χ1n) is 6.24. The highest BCUT2D eigenvalue weighted by Crippen LogP contribution is 2.33. The topological polar surface area (TPSA) is 23.9 Å². The quantitative estimate of drug-likeness (QED) is 0.679. The summed E-state index contributed by atoms with van der Waals surface area (Å²) in [4.78, 5) is 0. The molecule has 0 atom stereocenters. The van der Waals surface area contributed by atoms with Gasteiger partial charge in [0.15, 0.2) is 0 Å². The van der Waals surface area contributed by atoms with Gasteiger partial charge in [-0.1, -0.05) is 59.7 Å². The molecule has 0 heterocycles. The highest BCUT2D eigenvalue weighted by Gasteiger charge is 2.25. The Morgan fingerprint density at radius 3 is 1.47 bits per heavy atom. The van der Waals surface area contributed by atoms with Gasteiger partial charge < -0.3 is 5.41 Å².